The van der Waals surface area contributed by atoms with E-state index in [2.05, 4.69) is 0 Å². The molecule has 2 heterocycles. The smallest absolute Gasteiger partial charge is 0.338 e. The number of hydrogen-bond donors (Lipinski definition) is 0. The van der Waals surface area contributed by atoms with E-state index in [-0.39, 0.29) is 23.0 Å². The Morgan fingerprint density at radius 3 is 2.71 bits per heavy atom. The van der Waals surface area contributed by atoms with Crippen LogP contribution in [0.25, 0.3) is 0 Å². The largest absolute Gasteiger partial charge is 0.489 e. The minimum atomic E-state index is -0.663. The number of Topliss-reactive ketones (excluding diaryl/α,β-unsaturated/α-hetero) is 1. The molecule has 1 aliphatic rings. The molecule has 2 aromatic rings. The fraction of sp³-hybridized carbons (Fsp3) is 0.250. The van der Waals surface area contributed by atoms with Crippen LogP contribution in [0.2, 0.25) is 9.36 Å². The van der Waals surface area contributed by atoms with Crippen molar-refractivity contribution >= 4 is 46.3 Å². The molecule has 0 saturated heterocycles. The third-order valence-electron chi connectivity index (χ3n) is 3.22. The predicted molar refractivity (Wildman–Crippen MR) is 91.0 cm³/mol. The number of carbonyl (C=O) groups is 2. The third-order valence-corrected chi connectivity index (χ3v) is 4.77. The number of benzene rings is 1. The maximum atomic E-state index is 12.2. The number of carbonyl (C=O) groups excluding carboxylic acids is 2. The number of hydrogen-bond acceptors (Lipinski definition) is 6. The molecule has 24 heavy (non-hydrogen) atoms. The van der Waals surface area contributed by atoms with Gasteiger partial charge in [0.1, 0.15) is 0 Å². The van der Waals surface area contributed by atoms with E-state index in [0.29, 0.717) is 33.9 Å². The van der Waals surface area contributed by atoms with Gasteiger partial charge in [-0.25, -0.2) is 4.79 Å². The Hall–Kier alpha value is -1.76. The zero-order chi connectivity index (χ0) is 17.1. The molecule has 0 amide bonds. The van der Waals surface area contributed by atoms with E-state index in [9.17, 15) is 9.59 Å². The lowest BCUT2D eigenvalue weighted by Crippen LogP contribution is -2.13. The molecular formula is C16H12Cl2O5S. The van der Waals surface area contributed by atoms with Gasteiger partial charge in [-0.2, -0.15) is 0 Å². The number of rotatable bonds is 4. The van der Waals surface area contributed by atoms with Crippen molar-refractivity contribution in [2.45, 2.75) is 6.42 Å². The van der Waals surface area contributed by atoms with Crippen LogP contribution in [0.1, 0.15) is 26.5 Å². The first-order valence-electron chi connectivity index (χ1n) is 7.09. The average Bonchev–Trinajstić information content (AvgIpc) is 2.85. The SMILES string of the molecule is O=C(OCC(=O)c1ccc(Cl)s1)c1cc(Cl)c2c(c1)OCCCO2. The molecule has 3 rings (SSSR count). The Kier molecular flexibility index (Phi) is 5.28. The Morgan fingerprint density at radius 1 is 1.17 bits per heavy atom. The van der Waals surface area contributed by atoms with E-state index in [1.807, 2.05) is 0 Å². The van der Waals surface area contributed by atoms with Gasteiger partial charge in [0.25, 0.3) is 0 Å². The van der Waals surface area contributed by atoms with Crippen LogP contribution in [0.15, 0.2) is 24.3 Å². The van der Waals surface area contributed by atoms with Crippen LogP contribution < -0.4 is 9.47 Å². The van der Waals surface area contributed by atoms with E-state index in [1.165, 1.54) is 12.1 Å². The van der Waals surface area contributed by atoms with Crippen LogP contribution in [0, 0.1) is 0 Å². The Labute approximate surface area is 152 Å². The van der Waals surface area contributed by atoms with Crippen molar-refractivity contribution in [3.05, 3.63) is 44.1 Å². The van der Waals surface area contributed by atoms with E-state index < -0.39 is 5.97 Å². The van der Waals surface area contributed by atoms with Crippen molar-refractivity contribution < 1.29 is 23.8 Å². The summed E-state index contributed by atoms with van der Waals surface area (Å²) < 4.78 is 16.6. The second kappa shape index (κ2) is 7.42. The van der Waals surface area contributed by atoms with Crippen LogP contribution >= 0.6 is 34.5 Å². The molecule has 0 radical (unpaired) electrons. The quantitative estimate of drug-likeness (QED) is 0.580. The minimum absolute atomic E-state index is 0.196. The molecule has 0 fully saturated rings. The monoisotopic (exact) mass is 386 g/mol. The van der Waals surface area contributed by atoms with Crippen molar-refractivity contribution in [1.82, 2.24) is 0 Å². The van der Waals surface area contributed by atoms with Gasteiger partial charge in [-0.05, 0) is 24.3 Å². The average molecular weight is 387 g/mol. The summed E-state index contributed by atoms with van der Waals surface area (Å²) in [5, 5.41) is 0.262. The van der Waals surface area contributed by atoms with Gasteiger partial charge in [0, 0.05) is 6.42 Å². The lowest BCUT2D eigenvalue weighted by molar-refractivity contribution is 0.0475. The lowest BCUT2D eigenvalue weighted by Gasteiger charge is -2.11. The van der Waals surface area contributed by atoms with Gasteiger partial charge in [0.2, 0.25) is 5.78 Å². The second-order valence-electron chi connectivity index (χ2n) is 4.94. The predicted octanol–water partition coefficient (Wildman–Crippen LogP) is 4.26. The highest BCUT2D eigenvalue weighted by molar-refractivity contribution is 7.18. The fourth-order valence-electron chi connectivity index (χ4n) is 2.10. The van der Waals surface area contributed by atoms with Crippen LogP contribution in [0.4, 0.5) is 0 Å². The van der Waals surface area contributed by atoms with E-state index in [4.69, 9.17) is 37.4 Å². The van der Waals surface area contributed by atoms with Gasteiger partial charge in [-0.15, -0.1) is 11.3 Å². The first-order chi connectivity index (χ1) is 11.5. The molecule has 1 aromatic heterocycles. The molecule has 0 unspecified atom stereocenters. The molecule has 8 heteroatoms. The maximum Gasteiger partial charge on any atom is 0.338 e. The van der Waals surface area contributed by atoms with Crippen molar-refractivity contribution in [3.8, 4) is 11.5 Å². The zero-order valence-electron chi connectivity index (χ0n) is 12.3. The second-order valence-corrected chi connectivity index (χ2v) is 7.06. The number of fused-ring (bicyclic) bond motifs is 1. The van der Waals surface area contributed by atoms with Gasteiger partial charge < -0.3 is 14.2 Å². The third kappa shape index (κ3) is 3.83. The van der Waals surface area contributed by atoms with Crippen LogP contribution in [0.3, 0.4) is 0 Å². The summed E-state index contributed by atoms with van der Waals surface area (Å²) in [6, 6.07) is 6.14. The van der Waals surface area contributed by atoms with Gasteiger partial charge in [-0.1, -0.05) is 23.2 Å². The molecule has 126 valence electrons. The Morgan fingerprint density at radius 2 is 1.96 bits per heavy atom. The summed E-state index contributed by atoms with van der Waals surface area (Å²) in [4.78, 5) is 24.5. The summed E-state index contributed by atoms with van der Waals surface area (Å²) in [6.07, 6.45) is 0.725. The molecule has 0 saturated carbocycles. The Balaban J connectivity index is 1.70. The van der Waals surface area contributed by atoms with Gasteiger partial charge in [0.05, 0.1) is 33.0 Å². The van der Waals surface area contributed by atoms with E-state index >= 15 is 0 Å². The molecule has 1 aromatic carbocycles. The summed E-state index contributed by atoms with van der Waals surface area (Å²) in [5.74, 6) is -0.178. The standard InChI is InChI=1S/C16H12Cl2O5S/c17-10-6-9(7-12-15(10)22-5-1-4-21-12)16(20)23-8-11(19)13-2-3-14(18)24-13/h2-3,6-7H,1,4-5,8H2. The number of ketones is 1. The van der Waals surface area contributed by atoms with Crippen molar-refractivity contribution in [2.75, 3.05) is 19.8 Å². The molecule has 0 spiro atoms. The molecule has 5 nitrogen and oxygen atoms in total. The Bertz CT molecular complexity index is 787. The fourth-order valence-corrected chi connectivity index (χ4v) is 3.33. The first-order valence-corrected chi connectivity index (χ1v) is 8.66. The maximum absolute atomic E-state index is 12.2. The van der Waals surface area contributed by atoms with Crippen LogP contribution in [-0.2, 0) is 4.74 Å². The number of esters is 1. The summed E-state index contributed by atoms with van der Waals surface area (Å²) in [7, 11) is 0. The molecule has 0 bridgehead atoms. The van der Waals surface area contributed by atoms with Crippen LogP contribution in [-0.4, -0.2) is 31.6 Å². The topological polar surface area (TPSA) is 61.8 Å². The summed E-state index contributed by atoms with van der Waals surface area (Å²) >= 11 is 13.0. The zero-order valence-corrected chi connectivity index (χ0v) is 14.7. The summed E-state index contributed by atoms with van der Waals surface area (Å²) in [6.45, 7) is 0.593. The molecule has 0 N–H and O–H groups in total. The van der Waals surface area contributed by atoms with Gasteiger partial charge in [-0.3, -0.25) is 4.79 Å². The molecule has 1 aliphatic heterocycles. The highest BCUT2D eigenvalue weighted by Crippen LogP contribution is 2.38. The van der Waals surface area contributed by atoms with Gasteiger partial charge in [0.15, 0.2) is 18.1 Å². The van der Waals surface area contributed by atoms with Crippen molar-refractivity contribution in [3.63, 3.8) is 0 Å². The lowest BCUT2D eigenvalue weighted by atomic mass is 10.2. The first kappa shape index (κ1) is 17.1. The highest BCUT2D eigenvalue weighted by atomic mass is 35.5. The van der Waals surface area contributed by atoms with Crippen molar-refractivity contribution in [1.29, 1.82) is 0 Å². The molecular weight excluding hydrogens is 375 g/mol. The number of ether oxygens (including phenoxy) is 3. The molecule has 0 aliphatic carbocycles. The number of halogens is 2. The van der Waals surface area contributed by atoms with E-state index in [1.54, 1.807) is 12.1 Å². The summed E-state index contributed by atoms with van der Waals surface area (Å²) in [5.41, 5.74) is 0.196. The van der Waals surface area contributed by atoms with Crippen molar-refractivity contribution in [2.24, 2.45) is 0 Å². The highest BCUT2D eigenvalue weighted by Gasteiger charge is 2.20. The van der Waals surface area contributed by atoms with Gasteiger partial charge >= 0.3 is 5.97 Å². The number of thiophene rings is 1. The van der Waals surface area contributed by atoms with E-state index in [0.717, 1.165) is 17.8 Å². The molecule has 0 atom stereocenters. The minimum Gasteiger partial charge on any atom is -0.489 e. The van der Waals surface area contributed by atoms with Crippen LogP contribution in [0.5, 0.6) is 11.5 Å². The normalized spacial score (nSPS) is 13.2.